The Bertz CT molecular complexity index is 943. The van der Waals surface area contributed by atoms with Crippen LogP contribution in [0.15, 0.2) is 6.07 Å². The predicted octanol–water partition coefficient (Wildman–Crippen LogP) is 1.07. The highest BCUT2D eigenvalue weighted by molar-refractivity contribution is 5.78. The number of H-pyrrole nitrogens is 1. The smallest absolute Gasteiger partial charge is 0.252 e. The zero-order valence-corrected chi connectivity index (χ0v) is 14.5. The number of aryl methyl sites for hydroxylation is 3. The van der Waals surface area contributed by atoms with Crippen LogP contribution in [0.4, 0.5) is 0 Å². The molecule has 0 bridgehead atoms. The lowest BCUT2D eigenvalue weighted by Gasteiger charge is -2.21. The minimum Gasteiger partial charge on any atom is -0.332 e. The van der Waals surface area contributed by atoms with E-state index < -0.39 is 0 Å². The number of nitrogens with one attached hydrogen (secondary N) is 1. The van der Waals surface area contributed by atoms with Crippen LogP contribution in [0.2, 0.25) is 0 Å². The number of nitrogens with zero attached hydrogens (tertiary/aromatic N) is 7. The average molecular weight is 340 g/mol. The fourth-order valence-corrected chi connectivity index (χ4v) is 3.36. The van der Waals surface area contributed by atoms with Crippen LogP contribution >= 0.6 is 0 Å². The number of carbonyl (C=O) groups is 1. The van der Waals surface area contributed by atoms with Gasteiger partial charge in [-0.1, -0.05) is 0 Å². The molecule has 1 saturated heterocycles. The second kappa shape index (κ2) is 5.91. The first-order valence-electron chi connectivity index (χ1n) is 8.39. The molecule has 0 spiro atoms. The Kier molecular flexibility index (Phi) is 3.70. The molecule has 1 fully saturated rings. The molecule has 1 aliphatic rings. The number of fused-ring (bicyclic) bond motifs is 1. The summed E-state index contributed by atoms with van der Waals surface area (Å²) in [5.41, 5.74) is 1.83. The quantitative estimate of drug-likeness (QED) is 0.765. The summed E-state index contributed by atoms with van der Waals surface area (Å²) in [4.78, 5) is 27.8. The average Bonchev–Trinajstić information content (AvgIpc) is 3.25. The maximum absolute atomic E-state index is 12.8. The third kappa shape index (κ3) is 2.86. The van der Waals surface area contributed by atoms with E-state index in [1.54, 1.807) is 4.52 Å². The van der Waals surface area contributed by atoms with Crippen LogP contribution in [-0.2, 0) is 11.2 Å². The molecule has 25 heavy (non-hydrogen) atoms. The number of aromatic nitrogens is 7. The summed E-state index contributed by atoms with van der Waals surface area (Å²) in [5, 5.41) is 11.5. The lowest BCUT2D eigenvalue weighted by Crippen LogP contribution is -2.32. The van der Waals surface area contributed by atoms with E-state index in [1.165, 1.54) is 0 Å². The number of amides is 1. The largest absolute Gasteiger partial charge is 0.332 e. The van der Waals surface area contributed by atoms with Crippen molar-refractivity contribution in [1.29, 1.82) is 0 Å². The van der Waals surface area contributed by atoms with E-state index in [9.17, 15) is 4.79 Å². The van der Waals surface area contributed by atoms with Crippen molar-refractivity contribution in [2.24, 2.45) is 0 Å². The van der Waals surface area contributed by atoms with Crippen molar-refractivity contribution in [2.75, 3.05) is 6.54 Å². The van der Waals surface area contributed by atoms with Gasteiger partial charge < -0.3 is 4.90 Å². The van der Waals surface area contributed by atoms with Crippen molar-refractivity contribution in [2.45, 2.75) is 46.1 Å². The van der Waals surface area contributed by atoms with Crippen LogP contribution in [0.5, 0.6) is 0 Å². The number of rotatable bonds is 3. The van der Waals surface area contributed by atoms with Gasteiger partial charge in [-0.15, -0.1) is 5.10 Å². The molecule has 0 aromatic carbocycles. The lowest BCUT2D eigenvalue weighted by atomic mass is 10.2. The van der Waals surface area contributed by atoms with Crippen LogP contribution in [0.25, 0.3) is 5.78 Å². The van der Waals surface area contributed by atoms with Gasteiger partial charge in [0, 0.05) is 17.9 Å². The summed E-state index contributed by atoms with van der Waals surface area (Å²) in [7, 11) is 0. The molecule has 0 saturated carbocycles. The van der Waals surface area contributed by atoms with Crippen molar-refractivity contribution in [1.82, 2.24) is 39.7 Å². The van der Waals surface area contributed by atoms with Gasteiger partial charge in [-0.3, -0.25) is 9.89 Å². The number of aromatic amines is 1. The van der Waals surface area contributed by atoms with Crippen molar-refractivity contribution < 1.29 is 4.79 Å². The highest BCUT2D eigenvalue weighted by Crippen LogP contribution is 2.30. The molecule has 0 aliphatic carbocycles. The highest BCUT2D eigenvalue weighted by atomic mass is 16.2. The molecule has 4 rings (SSSR count). The Labute approximate surface area is 144 Å². The van der Waals surface area contributed by atoms with Crippen LogP contribution in [0.1, 0.15) is 47.7 Å². The van der Waals surface area contributed by atoms with Gasteiger partial charge in [0.05, 0.1) is 12.5 Å². The Morgan fingerprint density at radius 1 is 1.28 bits per heavy atom. The van der Waals surface area contributed by atoms with Crippen molar-refractivity contribution in [3.63, 3.8) is 0 Å². The minimum absolute atomic E-state index is 0.00441. The molecule has 1 atom stereocenters. The molecule has 3 aromatic rings. The van der Waals surface area contributed by atoms with Gasteiger partial charge in [-0.05, 0) is 39.7 Å². The van der Waals surface area contributed by atoms with Crippen LogP contribution < -0.4 is 0 Å². The highest BCUT2D eigenvalue weighted by Gasteiger charge is 2.33. The summed E-state index contributed by atoms with van der Waals surface area (Å²) in [6.07, 6.45) is 1.98. The molecule has 4 heterocycles. The molecule has 1 aliphatic heterocycles. The van der Waals surface area contributed by atoms with Crippen molar-refractivity contribution >= 4 is 11.7 Å². The maximum atomic E-state index is 12.8. The van der Waals surface area contributed by atoms with Gasteiger partial charge in [0.15, 0.2) is 11.6 Å². The first-order chi connectivity index (χ1) is 12.0. The monoisotopic (exact) mass is 340 g/mol. The molecule has 1 amide bonds. The van der Waals surface area contributed by atoms with Gasteiger partial charge >= 0.3 is 0 Å². The second-order valence-corrected chi connectivity index (χ2v) is 6.48. The molecule has 9 nitrogen and oxygen atoms in total. The van der Waals surface area contributed by atoms with E-state index in [0.29, 0.717) is 24.0 Å². The zero-order valence-electron chi connectivity index (χ0n) is 14.5. The minimum atomic E-state index is -0.0726. The second-order valence-electron chi connectivity index (χ2n) is 6.48. The summed E-state index contributed by atoms with van der Waals surface area (Å²) >= 11 is 0. The topological polar surface area (TPSA) is 105 Å². The summed E-state index contributed by atoms with van der Waals surface area (Å²) in [6.45, 7) is 6.43. The zero-order chi connectivity index (χ0) is 17.6. The van der Waals surface area contributed by atoms with Gasteiger partial charge in [-0.25, -0.2) is 14.5 Å². The molecular weight excluding hydrogens is 320 g/mol. The fraction of sp³-hybridized carbons (Fsp3) is 0.500. The summed E-state index contributed by atoms with van der Waals surface area (Å²) in [6, 6.07) is 1.87. The third-order valence-electron chi connectivity index (χ3n) is 4.46. The van der Waals surface area contributed by atoms with E-state index in [-0.39, 0.29) is 18.4 Å². The van der Waals surface area contributed by atoms with Crippen LogP contribution in [0.3, 0.4) is 0 Å². The molecule has 130 valence electrons. The molecule has 0 radical (unpaired) electrons. The number of carbonyl (C=O) groups excluding carboxylic acids is 1. The first kappa shape index (κ1) is 15.7. The fourth-order valence-electron chi connectivity index (χ4n) is 3.36. The Morgan fingerprint density at radius 3 is 2.88 bits per heavy atom. The lowest BCUT2D eigenvalue weighted by molar-refractivity contribution is -0.131. The molecule has 1 N–H and O–H groups in total. The van der Waals surface area contributed by atoms with Crippen LogP contribution in [0, 0.1) is 20.8 Å². The number of hydrogen-bond donors (Lipinski definition) is 1. The molecule has 0 unspecified atom stereocenters. The maximum Gasteiger partial charge on any atom is 0.252 e. The van der Waals surface area contributed by atoms with Gasteiger partial charge in [0.25, 0.3) is 5.78 Å². The SMILES string of the molecule is Cc1cc(C)n2nc(CC(=O)N3CCC[C@@H]3c3n[nH]c(C)n3)nc2n1. The summed E-state index contributed by atoms with van der Waals surface area (Å²) < 4.78 is 1.68. The van der Waals surface area contributed by atoms with Crippen LogP contribution in [-0.4, -0.2) is 52.1 Å². The van der Waals surface area contributed by atoms with Gasteiger partial charge in [0.2, 0.25) is 5.91 Å². The first-order valence-corrected chi connectivity index (χ1v) is 8.39. The summed E-state index contributed by atoms with van der Waals surface area (Å²) in [5.74, 6) is 2.45. The Balaban J connectivity index is 1.56. The van der Waals surface area contributed by atoms with E-state index in [0.717, 1.165) is 30.1 Å². The van der Waals surface area contributed by atoms with E-state index in [4.69, 9.17) is 0 Å². The molecule has 3 aromatic heterocycles. The van der Waals surface area contributed by atoms with E-state index in [2.05, 4.69) is 30.2 Å². The molecule has 9 heteroatoms. The van der Waals surface area contributed by atoms with Gasteiger partial charge in [0.1, 0.15) is 5.82 Å². The standard InChI is InChI=1S/C16H20N8O/c1-9-7-10(2)24-16(17-9)19-13(22-24)8-14(25)23-6-4-5-12(23)15-18-11(3)20-21-15/h7,12H,4-6,8H2,1-3H3,(H,18,20,21)/t12-/m1/s1. The third-order valence-corrected chi connectivity index (χ3v) is 4.46. The van der Waals surface area contributed by atoms with Gasteiger partial charge in [-0.2, -0.15) is 10.1 Å². The predicted molar refractivity (Wildman–Crippen MR) is 88.8 cm³/mol. The Hall–Kier alpha value is -2.84. The Morgan fingerprint density at radius 2 is 2.12 bits per heavy atom. The van der Waals surface area contributed by atoms with Crippen molar-refractivity contribution in [3.8, 4) is 0 Å². The van der Waals surface area contributed by atoms with Crippen molar-refractivity contribution in [3.05, 3.63) is 34.9 Å². The normalized spacial score (nSPS) is 17.6. The number of likely N-dealkylation sites (tertiary alicyclic amines) is 1. The molecular formula is C16H20N8O. The number of hydrogen-bond acceptors (Lipinski definition) is 6. The van der Waals surface area contributed by atoms with E-state index >= 15 is 0 Å². The van der Waals surface area contributed by atoms with E-state index in [1.807, 2.05) is 31.7 Å².